The van der Waals surface area contributed by atoms with Gasteiger partial charge in [-0.05, 0) is 50.2 Å². The third kappa shape index (κ3) is 3.08. The number of aliphatic carboxylic acids is 1. The summed E-state index contributed by atoms with van der Waals surface area (Å²) in [6.07, 6.45) is 2.14. The van der Waals surface area contributed by atoms with Crippen LogP contribution in [0, 0.1) is 19.3 Å². The van der Waals surface area contributed by atoms with E-state index in [0.717, 1.165) is 18.5 Å². The number of carbonyl (C=O) groups is 2. The topological polar surface area (TPSA) is 91.6 Å². The van der Waals surface area contributed by atoms with Crippen molar-refractivity contribution in [2.45, 2.75) is 39.2 Å². The molecular formula is C18H25N3O4. The van der Waals surface area contributed by atoms with Gasteiger partial charge < -0.3 is 19.9 Å². The Morgan fingerprint density at radius 3 is 2.48 bits per heavy atom. The van der Waals surface area contributed by atoms with Crippen molar-refractivity contribution in [2.24, 2.45) is 12.5 Å². The summed E-state index contributed by atoms with van der Waals surface area (Å²) < 4.78 is 1.50. The lowest BCUT2D eigenvalue weighted by atomic mass is 9.76. The lowest BCUT2D eigenvalue weighted by Gasteiger charge is -2.39. The van der Waals surface area contributed by atoms with Crippen molar-refractivity contribution in [3.05, 3.63) is 33.2 Å². The van der Waals surface area contributed by atoms with Crippen molar-refractivity contribution in [1.29, 1.82) is 0 Å². The molecule has 1 unspecified atom stereocenters. The number of hydrogen-bond donors (Lipinski definition) is 2. The number of nitrogens with zero attached hydrogens (tertiary/aromatic N) is 2. The fourth-order valence-corrected chi connectivity index (χ4v) is 4.05. The van der Waals surface area contributed by atoms with Crippen LogP contribution in [-0.2, 0) is 11.8 Å². The van der Waals surface area contributed by atoms with Crippen LogP contribution in [0.25, 0.3) is 0 Å². The van der Waals surface area contributed by atoms with E-state index >= 15 is 0 Å². The Morgan fingerprint density at radius 1 is 1.28 bits per heavy atom. The largest absolute Gasteiger partial charge is 0.480 e. The van der Waals surface area contributed by atoms with E-state index < -0.39 is 12.0 Å². The molecule has 1 spiro atoms. The zero-order chi connectivity index (χ0) is 18.4. The molecule has 7 nitrogen and oxygen atoms in total. The first-order valence-corrected chi connectivity index (χ1v) is 8.67. The number of amides is 1. The van der Waals surface area contributed by atoms with Crippen LogP contribution in [-0.4, -0.2) is 52.1 Å². The van der Waals surface area contributed by atoms with Crippen molar-refractivity contribution >= 4 is 11.9 Å². The molecule has 0 aromatic carbocycles. The van der Waals surface area contributed by atoms with Gasteiger partial charge in [-0.25, -0.2) is 0 Å². The van der Waals surface area contributed by atoms with Crippen LogP contribution < -0.4 is 10.9 Å². The van der Waals surface area contributed by atoms with E-state index in [0.29, 0.717) is 31.6 Å². The molecule has 2 aliphatic rings. The molecule has 0 saturated carbocycles. The molecule has 1 aromatic heterocycles. The molecule has 25 heavy (non-hydrogen) atoms. The molecule has 3 heterocycles. The first-order valence-electron chi connectivity index (χ1n) is 8.67. The first-order chi connectivity index (χ1) is 11.7. The molecule has 0 aliphatic carbocycles. The minimum Gasteiger partial charge on any atom is -0.480 e. The third-order valence-corrected chi connectivity index (χ3v) is 5.85. The molecule has 136 valence electrons. The van der Waals surface area contributed by atoms with Gasteiger partial charge in [0.05, 0.1) is 0 Å². The summed E-state index contributed by atoms with van der Waals surface area (Å²) >= 11 is 0. The second kappa shape index (κ2) is 6.29. The number of aromatic nitrogens is 1. The van der Waals surface area contributed by atoms with Crippen LogP contribution in [0.4, 0.5) is 0 Å². The zero-order valence-electron chi connectivity index (χ0n) is 15.0. The number of carboxylic acid groups (broad SMARTS) is 1. The molecule has 2 saturated heterocycles. The van der Waals surface area contributed by atoms with Crippen LogP contribution in [0.2, 0.25) is 0 Å². The highest BCUT2D eigenvalue weighted by molar-refractivity contribution is 5.95. The Balaban J connectivity index is 1.74. The molecule has 0 bridgehead atoms. The summed E-state index contributed by atoms with van der Waals surface area (Å²) in [6, 6.07) is 1.37. The van der Waals surface area contributed by atoms with Gasteiger partial charge in [-0.3, -0.25) is 14.4 Å². The van der Waals surface area contributed by atoms with Gasteiger partial charge in [0.2, 0.25) is 0 Å². The number of aryl methyl sites for hydroxylation is 2. The molecule has 1 amide bonds. The smallest absolute Gasteiger partial charge is 0.320 e. The number of hydrogen-bond acceptors (Lipinski definition) is 4. The van der Waals surface area contributed by atoms with Gasteiger partial charge in [-0.2, -0.15) is 0 Å². The number of carbonyl (C=O) groups excluding carboxylic acids is 1. The normalized spacial score (nSPS) is 22.4. The van der Waals surface area contributed by atoms with Crippen molar-refractivity contribution in [3.8, 4) is 0 Å². The van der Waals surface area contributed by atoms with Crippen LogP contribution >= 0.6 is 0 Å². The van der Waals surface area contributed by atoms with Gasteiger partial charge >= 0.3 is 5.97 Å². The molecule has 0 radical (unpaired) electrons. The minimum atomic E-state index is -0.811. The summed E-state index contributed by atoms with van der Waals surface area (Å²) in [4.78, 5) is 38.3. The molecule has 1 aromatic rings. The Hall–Kier alpha value is -2.15. The second-order valence-electron chi connectivity index (χ2n) is 7.48. The third-order valence-electron chi connectivity index (χ3n) is 5.85. The van der Waals surface area contributed by atoms with Gasteiger partial charge in [-0.1, -0.05) is 0 Å². The highest BCUT2D eigenvalue weighted by atomic mass is 16.4. The quantitative estimate of drug-likeness (QED) is 0.820. The van der Waals surface area contributed by atoms with Gasteiger partial charge in [0.15, 0.2) is 0 Å². The fourth-order valence-electron chi connectivity index (χ4n) is 4.05. The number of pyridine rings is 1. The predicted octanol–water partition coefficient (Wildman–Crippen LogP) is 0.671. The number of likely N-dealkylation sites (tertiary alicyclic amines) is 1. The molecular weight excluding hydrogens is 322 g/mol. The predicted molar refractivity (Wildman–Crippen MR) is 92.8 cm³/mol. The number of carboxylic acids is 1. The number of piperidine rings is 1. The molecule has 2 fully saturated rings. The van der Waals surface area contributed by atoms with Crippen molar-refractivity contribution in [2.75, 3.05) is 19.6 Å². The SMILES string of the molecule is Cc1cc(C)n(C)c(=O)c1C(=O)N1CCC2(CC1)CNC(C(=O)O)C2. The van der Waals surface area contributed by atoms with Crippen LogP contribution in [0.5, 0.6) is 0 Å². The average Bonchev–Trinajstić information content (AvgIpc) is 2.97. The van der Waals surface area contributed by atoms with E-state index in [9.17, 15) is 14.4 Å². The highest BCUT2D eigenvalue weighted by Gasteiger charge is 2.44. The average molecular weight is 347 g/mol. The van der Waals surface area contributed by atoms with E-state index in [1.165, 1.54) is 4.57 Å². The van der Waals surface area contributed by atoms with E-state index in [1.54, 1.807) is 18.9 Å². The Labute approximate surface area is 146 Å². The van der Waals surface area contributed by atoms with Crippen LogP contribution in [0.3, 0.4) is 0 Å². The lowest BCUT2D eigenvalue weighted by molar-refractivity contribution is -0.139. The van der Waals surface area contributed by atoms with E-state index in [4.69, 9.17) is 5.11 Å². The minimum absolute atomic E-state index is 0.0485. The fraction of sp³-hybridized carbons (Fsp3) is 0.611. The van der Waals surface area contributed by atoms with Crippen LogP contribution in [0.15, 0.2) is 10.9 Å². The maximum Gasteiger partial charge on any atom is 0.320 e. The summed E-state index contributed by atoms with van der Waals surface area (Å²) in [6.45, 7) is 5.44. The van der Waals surface area contributed by atoms with E-state index in [2.05, 4.69) is 5.32 Å². The molecule has 3 rings (SSSR count). The highest BCUT2D eigenvalue weighted by Crippen LogP contribution is 2.39. The van der Waals surface area contributed by atoms with Crippen molar-refractivity contribution < 1.29 is 14.7 Å². The molecule has 2 N–H and O–H groups in total. The van der Waals surface area contributed by atoms with Gasteiger partial charge in [0, 0.05) is 32.4 Å². The number of nitrogens with one attached hydrogen (secondary N) is 1. The zero-order valence-corrected chi connectivity index (χ0v) is 15.0. The van der Waals surface area contributed by atoms with Crippen molar-refractivity contribution in [3.63, 3.8) is 0 Å². The summed E-state index contributed by atoms with van der Waals surface area (Å²) in [5.74, 6) is -1.03. The monoisotopic (exact) mass is 347 g/mol. The summed E-state index contributed by atoms with van der Waals surface area (Å²) in [5, 5.41) is 12.2. The standard InChI is InChI=1S/C18H25N3O4/c1-11-8-12(2)20(3)15(22)14(11)16(23)21-6-4-18(5-7-21)9-13(17(24)25)19-10-18/h8,13,19H,4-7,9-10H2,1-3H3,(H,24,25). The Bertz CT molecular complexity index is 775. The molecule has 7 heteroatoms. The Kier molecular flexibility index (Phi) is 4.45. The summed E-state index contributed by atoms with van der Waals surface area (Å²) in [7, 11) is 1.68. The Morgan fingerprint density at radius 2 is 1.92 bits per heavy atom. The van der Waals surface area contributed by atoms with Gasteiger partial charge in [0.1, 0.15) is 11.6 Å². The molecule has 1 atom stereocenters. The maximum atomic E-state index is 12.9. The summed E-state index contributed by atoms with van der Waals surface area (Å²) in [5.41, 5.74) is 1.48. The first kappa shape index (κ1) is 17.7. The van der Waals surface area contributed by atoms with Gasteiger partial charge in [0.25, 0.3) is 11.5 Å². The maximum absolute atomic E-state index is 12.9. The van der Waals surface area contributed by atoms with Gasteiger partial charge in [-0.15, -0.1) is 0 Å². The van der Waals surface area contributed by atoms with E-state index in [-0.39, 0.29) is 22.4 Å². The molecule has 2 aliphatic heterocycles. The van der Waals surface area contributed by atoms with Crippen molar-refractivity contribution in [1.82, 2.24) is 14.8 Å². The lowest BCUT2D eigenvalue weighted by Crippen LogP contribution is -2.46. The van der Waals surface area contributed by atoms with E-state index in [1.807, 2.05) is 13.0 Å². The second-order valence-corrected chi connectivity index (χ2v) is 7.48. The number of rotatable bonds is 2. The van der Waals surface area contributed by atoms with Crippen LogP contribution in [0.1, 0.15) is 40.9 Å².